The Labute approximate surface area is 115 Å². The minimum atomic E-state index is -4.35. The van der Waals surface area contributed by atoms with Crippen molar-refractivity contribution in [2.45, 2.75) is 19.1 Å². The Hall–Kier alpha value is -1.92. The van der Waals surface area contributed by atoms with Crippen LogP contribution in [0.25, 0.3) is 0 Å². The van der Waals surface area contributed by atoms with Crippen LogP contribution in [-0.4, -0.2) is 31.7 Å². The van der Waals surface area contributed by atoms with E-state index in [0.717, 1.165) is 18.7 Å². The van der Waals surface area contributed by atoms with E-state index in [1.807, 2.05) is 6.92 Å². The zero-order valence-corrected chi connectivity index (χ0v) is 11.0. The predicted molar refractivity (Wildman–Crippen MR) is 69.8 cm³/mol. The van der Waals surface area contributed by atoms with Crippen LogP contribution in [0.15, 0.2) is 29.3 Å². The van der Waals surface area contributed by atoms with Crippen molar-refractivity contribution in [2.75, 3.05) is 19.7 Å². The average molecular weight is 287 g/mol. The van der Waals surface area contributed by atoms with Crippen LogP contribution < -0.4 is 15.4 Å². The van der Waals surface area contributed by atoms with Gasteiger partial charge in [0.05, 0.1) is 18.7 Å². The molecule has 1 atom stereocenters. The minimum absolute atomic E-state index is 0.205. The average Bonchev–Trinajstić information content (AvgIpc) is 2.80. The largest absolute Gasteiger partial charge is 0.492 e. The molecule has 0 aliphatic carbocycles. The van der Waals surface area contributed by atoms with E-state index in [9.17, 15) is 13.2 Å². The van der Waals surface area contributed by atoms with Crippen molar-refractivity contribution >= 4 is 5.96 Å². The highest BCUT2D eigenvalue weighted by molar-refractivity contribution is 5.81. The predicted octanol–water partition coefficient (Wildman–Crippen LogP) is 2.02. The van der Waals surface area contributed by atoms with Gasteiger partial charge in [0.15, 0.2) is 5.96 Å². The molecule has 110 valence electrons. The third kappa shape index (κ3) is 4.04. The molecule has 2 rings (SSSR count). The molecule has 0 saturated heterocycles. The highest BCUT2D eigenvalue weighted by atomic mass is 19.4. The quantitative estimate of drug-likeness (QED) is 0.833. The van der Waals surface area contributed by atoms with Crippen molar-refractivity contribution in [2.24, 2.45) is 4.99 Å². The minimum Gasteiger partial charge on any atom is -0.492 e. The smallest absolute Gasteiger partial charge is 0.416 e. The highest BCUT2D eigenvalue weighted by Gasteiger charge is 2.30. The molecule has 0 amide bonds. The van der Waals surface area contributed by atoms with E-state index in [-0.39, 0.29) is 12.4 Å². The van der Waals surface area contributed by atoms with Gasteiger partial charge in [0.2, 0.25) is 0 Å². The summed E-state index contributed by atoms with van der Waals surface area (Å²) < 4.78 is 42.8. The summed E-state index contributed by atoms with van der Waals surface area (Å²) in [5.41, 5.74) is -0.710. The van der Waals surface area contributed by atoms with E-state index in [4.69, 9.17) is 4.74 Å². The molecule has 0 bridgehead atoms. The molecule has 1 unspecified atom stereocenters. The normalized spacial score (nSPS) is 18.4. The van der Waals surface area contributed by atoms with Gasteiger partial charge in [0, 0.05) is 6.04 Å². The fourth-order valence-corrected chi connectivity index (χ4v) is 1.76. The second kappa shape index (κ2) is 6.02. The molecule has 0 saturated carbocycles. The highest BCUT2D eigenvalue weighted by Crippen LogP contribution is 2.31. The molecule has 0 fully saturated rings. The van der Waals surface area contributed by atoms with E-state index < -0.39 is 11.7 Å². The van der Waals surface area contributed by atoms with Gasteiger partial charge in [-0.05, 0) is 25.1 Å². The van der Waals surface area contributed by atoms with E-state index >= 15 is 0 Å². The number of alkyl halides is 3. The number of aliphatic imine (C=N–C) groups is 1. The van der Waals surface area contributed by atoms with Crippen molar-refractivity contribution in [3.8, 4) is 5.75 Å². The Morgan fingerprint density at radius 2 is 2.25 bits per heavy atom. The standard InChI is InChI=1S/C13H16F3N3O/c1-9-8-18-12(19-9)17-5-6-20-11-4-2-3-10(7-11)13(14,15)16/h2-4,7,9H,5-6,8H2,1H3,(H2,17,18,19). The molecule has 0 aromatic heterocycles. The van der Waals surface area contributed by atoms with E-state index in [2.05, 4.69) is 15.6 Å². The second-order valence-electron chi connectivity index (χ2n) is 4.54. The van der Waals surface area contributed by atoms with Crippen LogP contribution in [0.5, 0.6) is 5.75 Å². The van der Waals surface area contributed by atoms with E-state index in [1.165, 1.54) is 12.1 Å². The molecule has 1 aliphatic heterocycles. The Morgan fingerprint density at radius 3 is 2.90 bits per heavy atom. The van der Waals surface area contributed by atoms with Gasteiger partial charge < -0.3 is 15.4 Å². The number of hydrogen-bond acceptors (Lipinski definition) is 4. The van der Waals surface area contributed by atoms with Gasteiger partial charge in [-0.15, -0.1) is 0 Å². The van der Waals surface area contributed by atoms with Gasteiger partial charge >= 0.3 is 6.18 Å². The van der Waals surface area contributed by atoms with Crippen molar-refractivity contribution < 1.29 is 17.9 Å². The summed E-state index contributed by atoms with van der Waals surface area (Å²) in [6.45, 7) is 3.46. The molecule has 7 heteroatoms. The van der Waals surface area contributed by atoms with E-state index in [0.29, 0.717) is 18.5 Å². The topological polar surface area (TPSA) is 45.7 Å². The first kappa shape index (κ1) is 14.5. The number of nitrogens with one attached hydrogen (secondary N) is 2. The summed E-state index contributed by atoms with van der Waals surface area (Å²) in [6, 6.07) is 5.15. The summed E-state index contributed by atoms with van der Waals surface area (Å²) in [5, 5.41) is 6.13. The Morgan fingerprint density at radius 1 is 1.45 bits per heavy atom. The van der Waals surface area contributed by atoms with Gasteiger partial charge in [-0.3, -0.25) is 4.99 Å². The number of halogens is 3. The third-order valence-electron chi connectivity index (χ3n) is 2.73. The van der Waals surface area contributed by atoms with Gasteiger partial charge in [-0.2, -0.15) is 13.2 Å². The number of ether oxygens (including phenoxy) is 1. The fraction of sp³-hybridized carbons (Fsp3) is 0.462. The SMILES string of the molecule is CC1CN=C(NCCOc2cccc(C(F)(F)F)c2)N1. The Kier molecular flexibility index (Phi) is 4.36. The fourth-order valence-electron chi connectivity index (χ4n) is 1.76. The molecular weight excluding hydrogens is 271 g/mol. The first-order valence-corrected chi connectivity index (χ1v) is 6.30. The number of nitrogens with zero attached hydrogens (tertiary/aromatic N) is 1. The lowest BCUT2D eigenvalue weighted by Gasteiger charge is -2.11. The molecule has 1 aromatic carbocycles. The first-order chi connectivity index (χ1) is 9.45. The van der Waals surface area contributed by atoms with Crippen molar-refractivity contribution in [3.63, 3.8) is 0 Å². The summed E-state index contributed by atoms with van der Waals surface area (Å²) in [6.07, 6.45) is -4.35. The van der Waals surface area contributed by atoms with Gasteiger partial charge in [-0.25, -0.2) is 0 Å². The molecule has 20 heavy (non-hydrogen) atoms. The second-order valence-corrected chi connectivity index (χ2v) is 4.54. The van der Waals surface area contributed by atoms with Crippen molar-refractivity contribution in [3.05, 3.63) is 29.8 Å². The molecule has 1 aromatic rings. The van der Waals surface area contributed by atoms with E-state index in [1.54, 1.807) is 0 Å². The van der Waals surface area contributed by atoms with Crippen LogP contribution in [0.2, 0.25) is 0 Å². The lowest BCUT2D eigenvalue weighted by Crippen LogP contribution is -2.39. The maximum atomic E-state index is 12.5. The van der Waals surface area contributed by atoms with Crippen LogP contribution in [0.4, 0.5) is 13.2 Å². The van der Waals surface area contributed by atoms with Crippen molar-refractivity contribution in [1.29, 1.82) is 0 Å². The Balaban J connectivity index is 1.77. The molecular formula is C13H16F3N3O. The molecule has 0 radical (unpaired) electrons. The maximum absolute atomic E-state index is 12.5. The Bertz CT molecular complexity index is 488. The zero-order chi connectivity index (χ0) is 14.6. The number of rotatable bonds is 4. The van der Waals surface area contributed by atoms with Crippen LogP contribution in [-0.2, 0) is 6.18 Å². The van der Waals surface area contributed by atoms with Crippen LogP contribution in [0.3, 0.4) is 0 Å². The molecule has 4 nitrogen and oxygen atoms in total. The van der Waals surface area contributed by atoms with Crippen LogP contribution in [0.1, 0.15) is 12.5 Å². The lowest BCUT2D eigenvalue weighted by atomic mass is 10.2. The molecule has 2 N–H and O–H groups in total. The van der Waals surface area contributed by atoms with Gasteiger partial charge in [-0.1, -0.05) is 6.07 Å². The monoisotopic (exact) mass is 287 g/mol. The number of hydrogen-bond donors (Lipinski definition) is 2. The summed E-state index contributed by atoms with van der Waals surface area (Å²) in [4.78, 5) is 4.20. The third-order valence-corrected chi connectivity index (χ3v) is 2.73. The van der Waals surface area contributed by atoms with Crippen LogP contribution in [0, 0.1) is 0 Å². The van der Waals surface area contributed by atoms with Crippen LogP contribution >= 0.6 is 0 Å². The van der Waals surface area contributed by atoms with Gasteiger partial charge in [0.1, 0.15) is 12.4 Å². The summed E-state index contributed by atoms with van der Waals surface area (Å²) in [7, 11) is 0. The molecule has 0 spiro atoms. The lowest BCUT2D eigenvalue weighted by molar-refractivity contribution is -0.137. The molecule has 1 aliphatic rings. The summed E-state index contributed by atoms with van der Waals surface area (Å²) in [5.74, 6) is 0.904. The number of benzene rings is 1. The summed E-state index contributed by atoms with van der Waals surface area (Å²) >= 11 is 0. The van der Waals surface area contributed by atoms with Gasteiger partial charge in [0.25, 0.3) is 0 Å². The zero-order valence-electron chi connectivity index (χ0n) is 11.0. The maximum Gasteiger partial charge on any atom is 0.416 e. The first-order valence-electron chi connectivity index (χ1n) is 6.30. The number of guanidine groups is 1. The molecule has 1 heterocycles. The van der Waals surface area contributed by atoms with Crippen molar-refractivity contribution in [1.82, 2.24) is 10.6 Å².